The zero-order valence-electron chi connectivity index (χ0n) is 18.8. The first-order chi connectivity index (χ1) is 15.4. The zero-order valence-corrected chi connectivity index (χ0v) is 18.8. The molecule has 1 N–H and O–H groups in total. The van der Waals surface area contributed by atoms with Crippen molar-refractivity contribution in [2.24, 2.45) is 0 Å². The number of benzene rings is 2. The van der Waals surface area contributed by atoms with E-state index < -0.39 is 5.97 Å². The Hall–Kier alpha value is -3.54. The molecule has 2 aromatic carbocycles. The smallest absolute Gasteiger partial charge is 0.355 e. The molecule has 1 atom stereocenters. The van der Waals surface area contributed by atoms with E-state index >= 15 is 0 Å². The third-order valence-corrected chi connectivity index (χ3v) is 6.06. The molecule has 1 heterocycles. The third kappa shape index (κ3) is 4.13. The number of hydrogen-bond acceptors (Lipinski definition) is 5. The van der Waals surface area contributed by atoms with E-state index in [1.54, 1.807) is 21.1 Å². The lowest BCUT2D eigenvalue weighted by Gasteiger charge is -2.24. The highest BCUT2D eigenvalue weighted by atomic mass is 16.5. The number of carbonyl (C=O) groups is 2. The number of ketones is 1. The number of carbonyl (C=O) groups excluding carboxylic acids is 2. The van der Waals surface area contributed by atoms with Gasteiger partial charge in [-0.1, -0.05) is 29.8 Å². The summed E-state index contributed by atoms with van der Waals surface area (Å²) in [6, 6.07) is 13.4. The molecule has 0 aliphatic heterocycles. The van der Waals surface area contributed by atoms with Gasteiger partial charge in [0.25, 0.3) is 0 Å². The average Bonchev–Trinajstić information content (AvgIpc) is 3.14. The Balaban J connectivity index is 1.57. The number of Topliss-reactive ketones (excluding diaryl/α,β-unsaturated/α-hetero) is 1. The first-order valence-corrected chi connectivity index (χ1v) is 10.6. The zero-order chi connectivity index (χ0) is 22.8. The van der Waals surface area contributed by atoms with Gasteiger partial charge in [0.2, 0.25) is 0 Å². The molecule has 6 nitrogen and oxygen atoms in total. The molecule has 0 bridgehead atoms. The standard InChI is InChI=1S/C26H27NO5/c1-15-5-7-17(8-6-15)14-32-26(29)25-16(2)24-21(27-25)11-18(12-22(24)28)20-13-19(30-3)9-10-23(20)31-4/h5-10,13,18,27H,11-12,14H2,1-4H3/t18-/m0/s1. The van der Waals surface area contributed by atoms with E-state index in [2.05, 4.69) is 4.98 Å². The minimum absolute atomic E-state index is 0.00691. The van der Waals surface area contributed by atoms with Crippen LogP contribution in [0, 0.1) is 13.8 Å². The van der Waals surface area contributed by atoms with Crippen molar-refractivity contribution in [2.75, 3.05) is 14.2 Å². The highest BCUT2D eigenvalue weighted by Gasteiger charge is 2.33. The van der Waals surface area contributed by atoms with Crippen LogP contribution >= 0.6 is 0 Å². The maximum absolute atomic E-state index is 13.0. The molecule has 0 unspecified atom stereocenters. The molecule has 0 spiro atoms. The second kappa shape index (κ2) is 8.91. The number of hydrogen-bond donors (Lipinski definition) is 1. The summed E-state index contributed by atoms with van der Waals surface area (Å²) in [5, 5.41) is 0. The number of esters is 1. The van der Waals surface area contributed by atoms with Crippen molar-refractivity contribution in [3.8, 4) is 11.5 Å². The van der Waals surface area contributed by atoms with E-state index in [1.807, 2.05) is 49.4 Å². The topological polar surface area (TPSA) is 77.6 Å². The van der Waals surface area contributed by atoms with Crippen LogP contribution in [-0.2, 0) is 17.8 Å². The van der Waals surface area contributed by atoms with Gasteiger partial charge in [-0.05, 0) is 49.6 Å². The fraction of sp³-hybridized carbons (Fsp3) is 0.308. The van der Waals surface area contributed by atoms with E-state index in [9.17, 15) is 9.59 Å². The number of methoxy groups -OCH3 is 2. The Morgan fingerprint density at radius 1 is 1.03 bits per heavy atom. The van der Waals surface area contributed by atoms with Crippen molar-refractivity contribution < 1.29 is 23.8 Å². The summed E-state index contributed by atoms with van der Waals surface area (Å²) in [6.45, 7) is 3.98. The summed E-state index contributed by atoms with van der Waals surface area (Å²) in [4.78, 5) is 29.0. The molecule has 1 aromatic heterocycles. The average molecular weight is 434 g/mol. The minimum atomic E-state index is -0.458. The van der Waals surface area contributed by atoms with Crippen LogP contribution in [0.15, 0.2) is 42.5 Å². The number of H-pyrrole nitrogens is 1. The Morgan fingerprint density at radius 2 is 1.78 bits per heavy atom. The predicted octanol–water partition coefficient (Wildman–Crippen LogP) is 4.92. The van der Waals surface area contributed by atoms with Crippen molar-refractivity contribution in [1.82, 2.24) is 4.98 Å². The molecule has 32 heavy (non-hydrogen) atoms. The normalized spacial score (nSPS) is 15.2. The second-order valence-electron chi connectivity index (χ2n) is 8.18. The maximum Gasteiger partial charge on any atom is 0.355 e. The van der Waals surface area contributed by atoms with Gasteiger partial charge >= 0.3 is 5.97 Å². The van der Waals surface area contributed by atoms with Crippen LogP contribution in [0.4, 0.5) is 0 Å². The van der Waals surface area contributed by atoms with Gasteiger partial charge in [-0.3, -0.25) is 4.79 Å². The molecule has 0 fully saturated rings. The van der Waals surface area contributed by atoms with Crippen LogP contribution < -0.4 is 9.47 Å². The fourth-order valence-corrected chi connectivity index (χ4v) is 4.32. The molecule has 0 saturated heterocycles. The van der Waals surface area contributed by atoms with Crippen molar-refractivity contribution >= 4 is 11.8 Å². The largest absolute Gasteiger partial charge is 0.497 e. The summed E-state index contributed by atoms with van der Waals surface area (Å²) in [6.07, 6.45) is 0.934. The van der Waals surface area contributed by atoms with Crippen LogP contribution in [0.25, 0.3) is 0 Å². The lowest BCUT2D eigenvalue weighted by molar-refractivity contribution is 0.0465. The van der Waals surface area contributed by atoms with Gasteiger partial charge in [-0.2, -0.15) is 0 Å². The second-order valence-corrected chi connectivity index (χ2v) is 8.18. The highest BCUT2D eigenvalue weighted by molar-refractivity contribution is 6.03. The summed E-state index contributed by atoms with van der Waals surface area (Å²) in [5.41, 5.74) is 5.33. The van der Waals surface area contributed by atoms with Gasteiger partial charge in [0.1, 0.15) is 23.8 Å². The summed E-state index contributed by atoms with van der Waals surface area (Å²) >= 11 is 0. The third-order valence-electron chi connectivity index (χ3n) is 6.06. The van der Waals surface area contributed by atoms with Crippen molar-refractivity contribution in [2.45, 2.75) is 39.2 Å². The minimum Gasteiger partial charge on any atom is -0.497 e. The molecule has 3 aromatic rings. The highest BCUT2D eigenvalue weighted by Crippen LogP contribution is 2.40. The molecular weight excluding hydrogens is 406 g/mol. The SMILES string of the molecule is COc1ccc(OC)c([C@@H]2CC(=O)c3c([nH]c(C(=O)OCc4ccc(C)cc4)c3C)C2)c1. The molecule has 166 valence electrons. The van der Waals surface area contributed by atoms with Crippen LogP contribution in [0.2, 0.25) is 0 Å². The Morgan fingerprint density at radius 3 is 2.47 bits per heavy atom. The first-order valence-electron chi connectivity index (χ1n) is 10.6. The number of nitrogens with one attached hydrogen (secondary N) is 1. The van der Waals surface area contributed by atoms with E-state index in [4.69, 9.17) is 14.2 Å². The van der Waals surface area contributed by atoms with Crippen LogP contribution in [0.3, 0.4) is 0 Å². The Labute approximate surface area is 187 Å². The van der Waals surface area contributed by atoms with Gasteiger partial charge < -0.3 is 19.2 Å². The molecule has 4 rings (SSSR count). The maximum atomic E-state index is 13.0. The van der Waals surface area contributed by atoms with E-state index in [1.165, 1.54) is 0 Å². The number of aryl methyl sites for hydroxylation is 1. The van der Waals surface area contributed by atoms with Crippen molar-refractivity contribution in [3.05, 3.63) is 81.7 Å². The van der Waals surface area contributed by atoms with E-state index in [0.717, 1.165) is 22.4 Å². The van der Waals surface area contributed by atoms with Gasteiger partial charge in [0.05, 0.1) is 14.2 Å². The van der Waals surface area contributed by atoms with E-state index in [-0.39, 0.29) is 18.3 Å². The van der Waals surface area contributed by atoms with Crippen LogP contribution in [-0.4, -0.2) is 31.0 Å². The number of aromatic nitrogens is 1. The Kier molecular flexibility index (Phi) is 6.04. The van der Waals surface area contributed by atoms with Gasteiger partial charge in [-0.15, -0.1) is 0 Å². The fourth-order valence-electron chi connectivity index (χ4n) is 4.32. The predicted molar refractivity (Wildman–Crippen MR) is 121 cm³/mol. The molecule has 0 saturated carbocycles. The number of aromatic amines is 1. The lowest BCUT2D eigenvalue weighted by atomic mass is 9.81. The first kappa shape index (κ1) is 21.7. The lowest BCUT2D eigenvalue weighted by Crippen LogP contribution is -2.19. The molecule has 0 radical (unpaired) electrons. The van der Waals surface area contributed by atoms with Gasteiger partial charge in [-0.25, -0.2) is 4.79 Å². The number of ether oxygens (including phenoxy) is 3. The van der Waals surface area contributed by atoms with Gasteiger partial charge in [0, 0.05) is 29.2 Å². The number of rotatable bonds is 6. The van der Waals surface area contributed by atoms with Crippen LogP contribution in [0.1, 0.15) is 61.1 Å². The van der Waals surface area contributed by atoms with Gasteiger partial charge in [0.15, 0.2) is 5.78 Å². The summed E-state index contributed by atoms with van der Waals surface area (Å²) in [5.74, 6) is 0.901. The quantitative estimate of drug-likeness (QED) is 0.559. The monoisotopic (exact) mass is 433 g/mol. The van der Waals surface area contributed by atoms with Crippen molar-refractivity contribution in [3.63, 3.8) is 0 Å². The molecule has 0 amide bonds. The summed E-state index contributed by atoms with van der Waals surface area (Å²) in [7, 11) is 3.22. The molecule has 6 heteroatoms. The van der Waals surface area contributed by atoms with Crippen molar-refractivity contribution in [1.29, 1.82) is 0 Å². The molecular formula is C26H27NO5. The molecule has 1 aliphatic rings. The molecule has 1 aliphatic carbocycles. The van der Waals surface area contributed by atoms with Crippen LogP contribution in [0.5, 0.6) is 11.5 Å². The Bertz CT molecular complexity index is 1160. The van der Waals surface area contributed by atoms with E-state index in [0.29, 0.717) is 41.2 Å². The number of fused-ring (bicyclic) bond motifs is 1. The summed E-state index contributed by atoms with van der Waals surface area (Å²) < 4.78 is 16.4.